The molecule has 3 aromatic carbocycles. The second-order valence-corrected chi connectivity index (χ2v) is 9.44. The number of aryl methyl sites for hydroxylation is 1. The largest absolute Gasteiger partial charge is 0.387 e. The fourth-order valence-electron chi connectivity index (χ4n) is 3.08. The Morgan fingerprint density at radius 2 is 1.62 bits per heavy atom. The Morgan fingerprint density at radius 3 is 2.22 bits per heavy atom. The Morgan fingerprint density at radius 1 is 1.00 bits per heavy atom. The molecule has 3 aromatic rings. The molecule has 32 heavy (non-hydrogen) atoms. The van der Waals surface area contributed by atoms with Gasteiger partial charge in [-0.3, -0.25) is 4.79 Å². The van der Waals surface area contributed by atoms with Crippen LogP contribution in [0.3, 0.4) is 0 Å². The average Bonchev–Trinajstić information content (AvgIpc) is 2.79. The molecule has 1 N–H and O–H groups in total. The molecule has 0 aliphatic heterocycles. The first kappa shape index (κ1) is 24.0. The summed E-state index contributed by atoms with van der Waals surface area (Å²) in [4.78, 5) is 14.0. The minimum atomic E-state index is -3.95. The van der Waals surface area contributed by atoms with Crippen LogP contribution in [0.4, 0.5) is 0 Å². The van der Waals surface area contributed by atoms with E-state index in [4.69, 9.17) is 4.18 Å². The Kier molecular flexibility index (Phi) is 8.06. The van der Waals surface area contributed by atoms with E-state index in [1.807, 2.05) is 37.3 Å². The molecule has 0 bridgehead atoms. The molecule has 0 saturated heterocycles. The number of benzene rings is 3. The molecule has 0 heterocycles. The van der Waals surface area contributed by atoms with Gasteiger partial charge in [-0.15, -0.1) is 0 Å². The Hall–Kier alpha value is -2.68. The first-order valence-electron chi connectivity index (χ1n) is 9.95. The van der Waals surface area contributed by atoms with E-state index in [0.29, 0.717) is 12.1 Å². The van der Waals surface area contributed by atoms with E-state index in [1.54, 1.807) is 29.2 Å². The molecule has 0 aliphatic carbocycles. The van der Waals surface area contributed by atoms with Crippen LogP contribution in [0.25, 0.3) is 0 Å². The van der Waals surface area contributed by atoms with Gasteiger partial charge in [0.1, 0.15) is 10.6 Å². The number of hydrogen-bond acceptors (Lipinski definition) is 5. The highest BCUT2D eigenvalue weighted by atomic mass is 79.9. The summed E-state index contributed by atoms with van der Waals surface area (Å²) in [6, 6.07) is 22.1. The van der Waals surface area contributed by atoms with E-state index >= 15 is 0 Å². The molecule has 0 saturated carbocycles. The summed E-state index contributed by atoms with van der Waals surface area (Å²) in [5.74, 6) is -0.00347. The molecule has 0 fully saturated rings. The molecule has 8 heteroatoms. The third-order valence-corrected chi connectivity index (χ3v) is 6.60. The highest BCUT2D eigenvalue weighted by Gasteiger charge is 2.20. The number of aliphatic hydroxyl groups excluding tert-OH is 1. The monoisotopic (exact) mass is 517 g/mol. The minimum Gasteiger partial charge on any atom is -0.387 e. The molecule has 0 aliphatic rings. The summed E-state index contributed by atoms with van der Waals surface area (Å²) in [5, 5.41) is 10.8. The van der Waals surface area contributed by atoms with Gasteiger partial charge in [0.15, 0.2) is 0 Å². The van der Waals surface area contributed by atoms with E-state index in [9.17, 15) is 18.3 Å². The average molecular weight is 518 g/mol. The molecule has 168 valence electrons. The van der Waals surface area contributed by atoms with Crippen molar-refractivity contribution in [3.63, 3.8) is 0 Å². The highest BCUT2D eigenvalue weighted by Crippen LogP contribution is 2.23. The van der Waals surface area contributed by atoms with E-state index in [-0.39, 0.29) is 28.4 Å². The molecular formula is C24H24BrNO5S. The molecule has 6 nitrogen and oxygen atoms in total. The fraction of sp³-hybridized carbons (Fsp3) is 0.208. The van der Waals surface area contributed by atoms with Crippen molar-refractivity contribution in [3.8, 4) is 5.75 Å². The molecule has 1 amide bonds. The molecular weight excluding hydrogens is 494 g/mol. The van der Waals surface area contributed by atoms with E-state index in [2.05, 4.69) is 15.9 Å². The summed E-state index contributed by atoms with van der Waals surface area (Å²) in [6.45, 7) is 2.34. The summed E-state index contributed by atoms with van der Waals surface area (Å²) < 4.78 is 30.1. The van der Waals surface area contributed by atoms with Crippen molar-refractivity contribution in [3.05, 3.63) is 95.6 Å². The molecule has 0 unspecified atom stereocenters. The van der Waals surface area contributed by atoms with Gasteiger partial charge in [0.25, 0.3) is 0 Å². The lowest BCUT2D eigenvalue weighted by Crippen LogP contribution is -2.35. The minimum absolute atomic E-state index is 0.0667. The number of carbonyl (C=O) groups excluding carboxylic acids is 1. The van der Waals surface area contributed by atoms with Crippen molar-refractivity contribution in [2.24, 2.45) is 0 Å². The SMILES string of the molecule is Cc1ccc(S(=O)(=O)Oc2ccc([C@@H](O)CN(Cc3ccccc3)C(=O)CBr)cc2)cc1. The summed E-state index contributed by atoms with van der Waals surface area (Å²) >= 11 is 3.19. The number of amides is 1. The third kappa shape index (κ3) is 6.41. The zero-order valence-corrected chi connectivity index (χ0v) is 19.9. The number of aliphatic hydroxyl groups is 1. The van der Waals surface area contributed by atoms with Crippen LogP contribution in [0.5, 0.6) is 5.75 Å². The molecule has 0 radical (unpaired) electrons. The number of carbonyl (C=O) groups is 1. The normalized spacial score (nSPS) is 12.2. The van der Waals surface area contributed by atoms with Crippen molar-refractivity contribution >= 4 is 32.0 Å². The lowest BCUT2D eigenvalue weighted by Gasteiger charge is -2.25. The quantitative estimate of drug-likeness (QED) is 0.339. The molecule has 3 rings (SSSR count). The van der Waals surface area contributed by atoms with Crippen LogP contribution in [0.1, 0.15) is 22.8 Å². The van der Waals surface area contributed by atoms with Gasteiger partial charge in [-0.2, -0.15) is 8.42 Å². The Balaban J connectivity index is 1.68. The zero-order chi connectivity index (χ0) is 23.1. The van der Waals surface area contributed by atoms with Gasteiger partial charge in [0.05, 0.1) is 18.0 Å². The predicted octanol–water partition coefficient (Wildman–Crippen LogP) is 4.22. The van der Waals surface area contributed by atoms with Gasteiger partial charge in [-0.1, -0.05) is 76.1 Å². The van der Waals surface area contributed by atoms with Crippen molar-refractivity contribution in [2.45, 2.75) is 24.5 Å². The summed E-state index contributed by atoms with van der Waals surface area (Å²) in [6.07, 6.45) is -0.940. The number of halogens is 1. The Bertz CT molecular complexity index is 1130. The smallest absolute Gasteiger partial charge is 0.339 e. The second-order valence-electron chi connectivity index (χ2n) is 7.33. The standard InChI is InChI=1S/C24H24BrNO5S/c1-18-7-13-22(14-8-18)32(29,30)31-21-11-9-20(10-12-21)23(27)17-26(24(28)15-25)16-19-5-3-2-4-6-19/h2-14,23,27H,15-17H2,1H3/t23-/m0/s1. The second kappa shape index (κ2) is 10.8. The first-order chi connectivity index (χ1) is 15.3. The first-order valence-corrected chi connectivity index (χ1v) is 12.5. The topological polar surface area (TPSA) is 83.9 Å². The van der Waals surface area contributed by atoms with Crippen LogP contribution >= 0.6 is 15.9 Å². The third-order valence-electron chi connectivity index (χ3n) is 4.86. The van der Waals surface area contributed by atoms with Crippen LogP contribution in [0, 0.1) is 6.92 Å². The number of alkyl halides is 1. The maximum Gasteiger partial charge on any atom is 0.339 e. The lowest BCUT2D eigenvalue weighted by molar-refractivity contribution is -0.130. The van der Waals surface area contributed by atoms with E-state index in [1.165, 1.54) is 24.3 Å². The van der Waals surface area contributed by atoms with Crippen LogP contribution in [0.2, 0.25) is 0 Å². The van der Waals surface area contributed by atoms with Crippen molar-refractivity contribution < 1.29 is 22.5 Å². The maximum atomic E-state index is 12.4. The number of hydrogen-bond donors (Lipinski definition) is 1. The predicted molar refractivity (Wildman–Crippen MR) is 126 cm³/mol. The van der Waals surface area contributed by atoms with Crippen LogP contribution in [-0.4, -0.2) is 36.2 Å². The fourth-order valence-corrected chi connectivity index (χ4v) is 4.37. The summed E-state index contributed by atoms with van der Waals surface area (Å²) in [5.41, 5.74) is 2.45. The van der Waals surface area contributed by atoms with Crippen molar-refractivity contribution in [2.75, 3.05) is 11.9 Å². The van der Waals surface area contributed by atoms with E-state index in [0.717, 1.165) is 11.1 Å². The highest BCUT2D eigenvalue weighted by molar-refractivity contribution is 9.09. The number of rotatable bonds is 9. The molecule has 1 atom stereocenters. The van der Waals surface area contributed by atoms with Gasteiger partial charge in [-0.05, 0) is 42.3 Å². The maximum absolute atomic E-state index is 12.4. The van der Waals surface area contributed by atoms with Gasteiger partial charge in [-0.25, -0.2) is 0 Å². The number of nitrogens with zero attached hydrogens (tertiary/aromatic N) is 1. The van der Waals surface area contributed by atoms with Gasteiger partial charge in [0.2, 0.25) is 5.91 Å². The lowest BCUT2D eigenvalue weighted by atomic mass is 10.1. The van der Waals surface area contributed by atoms with Crippen LogP contribution in [0.15, 0.2) is 83.8 Å². The van der Waals surface area contributed by atoms with Crippen LogP contribution < -0.4 is 4.18 Å². The van der Waals surface area contributed by atoms with Crippen molar-refractivity contribution in [1.82, 2.24) is 4.90 Å². The molecule has 0 aromatic heterocycles. The van der Waals surface area contributed by atoms with Gasteiger partial charge in [0, 0.05) is 6.54 Å². The van der Waals surface area contributed by atoms with Crippen LogP contribution in [-0.2, 0) is 21.5 Å². The molecule has 0 spiro atoms. The Labute approximate surface area is 196 Å². The zero-order valence-electron chi connectivity index (χ0n) is 17.5. The van der Waals surface area contributed by atoms with Gasteiger partial charge >= 0.3 is 10.1 Å². The van der Waals surface area contributed by atoms with Gasteiger partial charge < -0.3 is 14.2 Å². The summed E-state index contributed by atoms with van der Waals surface area (Å²) in [7, 11) is -3.95. The van der Waals surface area contributed by atoms with Crippen molar-refractivity contribution in [1.29, 1.82) is 0 Å². The van der Waals surface area contributed by atoms with E-state index < -0.39 is 16.2 Å².